The number of imidazole rings is 2. The van der Waals surface area contributed by atoms with Crippen LogP contribution in [0.15, 0.2) is 134 Å². The fourth-order valence-corrected chi connectivity index (χ4v) is 10.2. The van der Waals surface area contributed by atoms with E-state index in [1.165, 1.54) is 56.4 Å². The van der Waals surface area contributed by atoms with E-state index in [2.05, 4.69) is 93.8 Å². The number of nitrogens with one attached hydrogen (secondary N) is 3. The highest BCUT2D eigenvalue weighted by Gasteiger charge is 2.46. The monoisotopic (exact) mass is 1230 g/mol. The van der Waals surface area contributed by atoms with E-state index in [4.69, 9.17) is 35.4 Å². The number of nitrogens with two attached hydrogens (primary N) is 1. The van der Waals surface area contributed by atoms with Crippen LogP contribution in [-0.2, 0) is 51.1 Å². The Kier molecular flexibility index (Phi) is 22.1. The molecule has 9 N–H and O–H groups in total. The highest BCUT2D eigenvalue weighted by Crippen LogP contribution is 2.36. The fraction of sp³-hybridized carbons (Fsp3) is 0.414. The largest absolute Gasteiger partial charge is 0.387 e. The van der Waals surface area contributed by atoms with Crippen LogP contribution in [0.5, 0.6) is 0 Å². The first-order chi connectivity index (χ1) is 40.7. The van der Waals surface area contributed by atoms with Crippen molar-refractivity contribution >= 4 is 63.7 Å². The van der Waals surface area contributed by atoms with E-state index in [0.717, 1.165) is 11.1 Å². The lowest BCUT2D eigenvalue weighted by atomic mass is 9.91. The highest BCUT2D eigenvalue weighted by atomic mass is 35.7. The summed E-state index contributed by atoms with van der Waals surface area (Å²) in [6, 6.07) is 40.7. The number of ether oxygens (including phenoxy) is 4. The predicted octanol–water partition coefficient (Wildman–Crippen LogP) is 4.92. The molecule has 8 aromatic rings. The van der Waals surface area contributed by atoms with Crippen LogP contribution in [0.4, 0.5) is 11.6 Å². The van der Waals surface area contributed by atoms with Crippen molar-refractivity contribution in [2.45, 2.75) is 112 Å². The standard InChI is InChI=1S/C29H36N6O6S.C26H30N6O4.C3H7ClO2S/c1-18(2)42(38,39)32-15-23-33-27(30-14-21(19-10-6-4-7-11-19)20-12-8-5-9-13-20)24-28(34-23)35(17-31-24)29-26(37)25(36)22(41-29)16-40-3;1-35-14-19-22(33)23(34)26(36-19)32-15-29-21-24(30-20(12-27)31-25(21)32)28-13-18(16-8-4-2-5-9-16)17-10-6-3-7-11-17;1-3(2)7(4,5)6/h4-13,17-18,21-22,25-26,29,32,36-37H,14-16H2,1-3H3,(H,30,33,34);2-11,15,18-19,22-23,26,33-34H,12-14,27H2,1H3,(H,28,30,31);3H,1-2H3/t22-,25-,26-,29-;19-,22-,23-,26-;/m11./s1. The van der Waals surface area contributed by atoms with E-state index in [0.29, 0.717) is 52.9 Å². The molecule has 85 heavy (non-hydrogen) atoms. The summed E-state index contributed by atoms with van der Waals surface area (Å²) in [5, 5.41) is 48.1. The first-order valence-corrected chi connectivity index (χ1v) is 31.4. The van der Waals surface area contributed by atoms with Crippen molar-refractivity contribution < 1.29 is 56.2 Å². The molecule has 0 spiro atoms. The Bertz CT molecular complexity index is 3560. The topological polar surface area (TPSA) is 335 Å². The fourth-order valence-electron chi connectivity index (χ4n) is 9.56. The van der Waals surface area contributed by atoms with Gasteiger partial charge in [0.05, 0.1) is 49.5 Å². The average molecular weight is 1230 g/mol. The molecule has 2 fully saturated rings. The van der Waals surface area contributed by atoms with Crippen LogP contribution in [0.1, 0.15) is 85.9 Å². The molecule has 0 saturated carbocycles. The predicted molar refractivity (Wildman–Crippen MR) is 321 cm³/mol. The normalized spacial score (nSPS) is 20.7. The first kappa shape index (κ1) is 64.4. The number of halogens is 1. The number of sulfonamides is 1. The van der Waals surface area contributed by atoms with Crippen molar-refractivity contribution in [3.05, 3.63) is 168 Å². The Morgan fingerprint density at radius 2 is 0.918 bits per heavy atom. The number of anilines is 2. The van der Waals surface area contributed by atoms with E-state index in [-0.39, 0.29) is 44.0 Å². The summed E-state index contributed by atoms with van der Waals surface area (Å²) in [6.45, 7) is 7.47. The molecular formula is C58H73ClN12O12S2. The van der Waals surface area contributed by atoms with Gasteiger partial charge in [-0.2, -0.15) is 0 Å². The Morgan fingerprint density at radius 1 is 0.565 bits per heavy atom. The second kappa shape index (κ2) is 29.2. The maximum atomic E-state index is 12.5. The molecular weight excluding hydrogens is 1160 g/mol. The number of hydrogen-bond acceptors (Lipinski definition) is 21. The van der Waals surface area contributed by atoms with Crippen molar-refractivity contribution in [2.75, 3.05) is 51.2 Å². The number of aliphatic hydroxyl groups excluding tert-OH is 4. The number of aliphatic hydroxyl groups is 4. The molecule has 8 atom stereocenters. The third-order valence-corrected chi connectivity index (χ3v) is 18.4. The van der Waals surface area contributed by atoms with Crippen LogP contribution < -0.4 is 21.1 Å². The summed E-state index contributed by atoms with van der Waals surface area (Å²) in [5.41, 5.74) is 12.2. The van der Waals surface area contributed by atoms with Crippen molar-refractivity contribution in [3.63, 3.8) is 0 Å². The van der Waals surface area contributed by atoms with Gasteiger partial charge in [-0.15, -0.1) is 0 Å². The maximum Gasteiger partial charge on any atom is 0.234 e. The lowest BCUT2D eigenvalue weighted by molar-refractivity contribution is -0.0580. The number of rotatable bonds is 22. The van der Waals surface area contributed by atoms with E-state index in [1.807, 2.05) is 72.8 Å². The van der Waals surface area contributed by atoms with Gasteiger partial charge >= 0.3 is 0 Å². The third kappa shape index (κ3) is 15.7. The van der Waals surface area contributed by atoms with Gasteiger partial charge in [0.25, 0.3) is 0 Å². The molecule has 6 heterocycles. The van der Waals surface area contributed by atoms with Crippen LogP contribution in [0.2, 0.25) is 0 Å². The molecule has 4 aromatic carbocycles. The van der Waals surface area contributed by atoms with Gasteiger partial charge in [0.1, 0.15) is 48.3 Å². The molecule has 0 radical (unpaired) electrons. The van der Waals surface area contributed by atoms with Gasteiger partial charge < -0.3 is 55.7 Å². The summed E-state index contributed by atoms with van der Waals surface area (Å²) >= 11 is 0. The molecule has 27 heteroatoms. The molecule has 456 valence electrons. The lowest BCUT2D eigenvalue weighted by Gasteiger charge is -2.20. The summed E-state index contributed by atoms with van der Waals surface area (Å²) in [7, 11) is 0.980. The Hall–Kier alpha value is -6.63. The van der Waals surface area contributed by atoms with Gasteiger partial charge in [-0.3, -0.25) is 9.13 Å². The minimum Gasteiger partial charge on any atom is -0.387 e. The Labute approximate surface area is 498 Å². The van der Waals surface area contributed by atoms with Crippen molar-refractivity contribution in [1.82, 2.24) is 43.8 Å². The summed E-state index contributed by atoms with van der Waals surface area (Å²) in [4.78, 5) is 27.4. The molecule has 4 aromatic heterocycles. The van der Waals surface area contributed by atoms with Crippen molar-refractivity contribution in [2.24, 2.45) is 5.73 Å². The Balaban J connectivity index is 0.000000201. The van der Waals surface area contributed by atoms with Gasteiger partial charge in [-0.1, -0.05) is 121 Å². The van der Waals surface area contributed by atoms with Crippen LogP contribution in [0.3, 0.4) is 0 Å². The minimum atomic E-state index is -3.59. The van der Waals surface area contributed by atoms with E-state index < -0.39 is 78.7 Å². The maximum absolute atomic E-state index is 12.5. The molecule has 0 unspecified atom stereocenters. The van der Waals surface area contributed by atoms with E-state index >= 15 is 0 Å². The van der Waals surface area contributed by atoms with Gasteiger partial charge in [0, 0.05) is 49.8 Å². The number of methoxy groups -OCH3 is 2. The SMILES string of the molecule is CC(C)S(=O)(=O)Cl.COC[C@H]1O[C@@H](n2cnc3c(NCC(c4ccccc4)c4ccccc4)nc(CN)nc32)[C@H](O)[C@@H]1O.COC[C@H]1O[C@@H](n2cnc3c(NCC(c4ccccc4)c4ccccc4)nc(CNS(=O)(=O)C(C)C)nc32)[C@H](O)[C@@H]1O. The number of fused-ring (bicyclic) bond motifs is 2. The van der Waals surface area contributed by atoms with Gasteiger partial charge in [0.2, 0.25) is 19.1 Å². The zero-order valence-corrected chi connectivity index (χ0v) is 50.2. The zero-order chi connectivity index (χ0) is 61.0. The molecule has 24 nitrogen and oxygen atoms in total. The molecule has 2 aliphatic rings. The van der Waals surface area contributed by atoms with Gasteiger partial charge in [0.15, 0.2) is 46.4 Å². The smallest absolute Gasteiger partial charge is 0.234 e. The third-order valence-electron chi connectivity index (χ3n) is 14.4. The number of hydrogen-bond donors (Lipinski definition) is 8. The first-order valence-electron chi connectivity index (χ1n) is 27.5. The quantitative estimate of drug-likeness (QED) is 0.0417. The second-order valence-electron chi connectivity index (χ2n) is 20.8. The van der Waals surface area contributed by atoms with Gasteiger partial charge in [-0.25, -0.2) is 51.5 Å². The summed E-state index contributed by atoms with van der Waals surface area (Å²) in [5.74, 6) is 1.61. The lowest BCUT2D eigenvalue weighted by Crippen LogP contribution is -2.33. The van der Waals surface area contributed by atoms with Crippen molar-refractivity contribution in [3.8, 4) is 0 Å². The molecule has 0 aliphatic carbocycles. The zero-order valence-electron chi connectivity index (χ0n) is 47.8. The van der Waals surface area contributed by atoms with Crippen LogP contribution in [0.25, 0.3) is 22.3 Å². The number of aromatic nitrogens is 8. The highest BCUT2D eigenvalue weighted by molar-refractivity contribution is 8.14. The van der Waals surface area contributed by atoms with Gasteiger partial charge in [-0.05, 0) is 49.9 Å². The molecule has 0 amide bonds. The average Bonchev–Trinajstić information content (AvgIpc) is 1.87. The van der Waals surface area contributed by atoms with Crippen LogP contribution in [-0.4, -0.2) is 164 Å². The summed E-state index contributed by atoms with van der Waals surface area (Å²) in [6.07, 6.45) is -5.00. The second-order valence-corrected chi connectivity index (χ2v) is 26.3. The van der Waals surface area contributed by atoms with Crippen molar-refractivity contribution in [1.29, 1.82) is 0 Å². The minimum absolute atomic E-state index is 0.0210. The van der Waals surface area contributed by atoms with Crippen LogP contribution >= 0.6 is 10.7 Å². The summed E-state index contributed by atoms with van der Waals surface area (Å²) < 4.78 is 72.9. The Morgan fingerprint density at radius 3 is 1.25 bits per heavy atom. The molecule has 2 aliphatic heterocycles. The molecule has 2 saturated heterocycles. The van der Waals surface area contributed by atoms with Crippen LogP contribution in [0, 0.1) is 0 Å². The molecule has 10 rings (SSSR count). The van der Waals surface area contributed by atoms with E-state index in [9.17, 15) is 37.3 Å². The number of nitrogens with zero attached hydrogens (tertiary/aromatic N) is 8. The molecule has 0 bridgehead atoms. The van der Waals surface area contributed by atoms with E-state index in [1.54, 1.807) is 18.4 Å². The number of benzene rings is 4.